The lowest BCUT2D eigenvalue weighted by Gasteiger charge is -2.10. The van der Waals surface area contributed by atoms with Crippen LogP contribution in [-0.4, -0.2) is 22.7 Å². The van der Waals surface area contributed by atoms with Crippen molar-refractivity contribution in [3.05, 3.63) is 34.9 Å². The fourth-order valence-corrected chi connectivity index (χ4v) is 1.61. The molecule has 0 spiro atoms. The van der Waals surface area contributed by atoms with Crippen LogP contribution >= 0.6 is 11.6 Å². The summed E-state index contributed by atoms with van der Waals surface area (Å²) in [7, 11) is 0. The minimum absolute atomic E-state index is 0.0387. The molecule has 82 valence electrons. The van der Waals surface area contributed by atoms with E-state index < -0.39 is 17.8 Å². The Hall–Kier alpha value is -1.88. The van der Waals surface area contributed by atoms with Crippen molar-refractivity contribution < 1.29 is 14.4 Å². The first-order valence-electron chi connectivity index (χ1n) is 4.49. The third-order valence-corrected chi connectivity index (χ3v) is 2.37. The fourth-order valence-electron chi connectivity index (χ4n) is 1.39. The first-order valence-corrected chi connectivity index (χ1v) is 4.87. The molecule has 6 heteroatoms. The summed E-state index contributed by atoms with van der Waals surface area (Å²) in [6.45, 7) is 0.0387. The second-order valence-corrected chi connectivity index (χ2v) is 3.72. The lowest BCUT2D eigenvalue weighted by atomic mass is 10.2. The van der Waals surface area contributed by atoms with Crippen LogP contribution in [0.5, 0.6) is 0 Å². The molecule has 1 aliphatic heterocycles. The van der Waals surface area contributed by atoms with Gasteiger partial charge in [-0.15, -0.1) is 0 Å². The predicted octanol–water partition coefficient (Wildman–Crippen LogP) is 0.918. The van der Waals surface area contributed by atoms with Crippen molar-refractivity contribution in [3.8, 4) is 0 Å². The van der Waals surface area contributed by atoms with E-state index in [0.717, 1.165) is 4.90 Å². The molecule has 0 unspecified atom stereocenters. The second kappa shape index (κ2) is 3.94. The lowest BCUT2D eigenvalue weighted by molar-refractivity contribution is -0.140. The van der Waals surface area contributed by atoms with Crippen molar-refractivity contribution in [2.45, 2.75) is 6.54 Å². The van der Waals surface area contributed by atoms with Gasteiger partial charge in [0.1, 0.15) is 0 Å². The number of amides is 4. The summed E-state index contributed by atoms with van der Waals surface area (Å²) in [6, 6.07) is 6.04. The van der Waals surface area contributed by atoms with E-state index in [2.05, 4.69) is 0 Å². The van der Waals surface area contributed by atoms with E-state index in [0.29, 0.717) is 10.6 Å². The van der Waals surface area contributed by atoms with Crippen molar-refractivity contribution in [1.82, 2.24) is 10.2 Å². The molecule has 0 bridgehead atoms. The van der Waals surface area contributed by atoms with Gasteiger partial charge < -0.3 is 0 Å². The van der Waals surface area contributed by atoms with Gasteiger partial charge in [0.05, 0.1) is 6.54 Å². The molecule has 2 rings (SSSR count). The molecule has 0 radical (unpaired) electrons. The maximum Gasteiger partial charge on any atom is 0.331 e. The summed E-state index contributed by atoms with van der Waals surface area (Å²) in [5.41, 5.74) is 0.686. The highest BCUT2D eigenvalue weighted by Crippen LogP contribution is 2.14. The number of hydrogen-bond donors (Lipinski definition) is 1. The van der Waals surface area contributed by atoms with Crippen LogP contribution < -0.4 is 5.32 Å². The highest BCUT2D eigenvalue weighted by molar-refractivity contribution is 6.44. The van der Waals surface area contributed by atoms with E-state index in [1.807, 2.05) is 5.32 Å². The number of imide groups is 2. The first-order chi connectivity index (χ1) is 7.58. The average molecular weight is 239 g/mol. The van der Waals surface area contributed by atoms with Gasteiger partial charge in [-0.05, 0) is 17.7 Å². The molecule has 0 atom stereocenters. The van der Waals surface area contributed by atoms with Crippen LogP contribution in [-0.2, 0) is 16.1 Å². The molecule has 5 nitrogen and oxygen atoms in total. The Bertz CT molecular complexity index is 487. The maximum atomic E-state index is 11.3. The number of carbonyl (C=O) groups excluding carboxylic acids is 3. The van der Waals surface area contributed by atoms with Gasteiger partial charge in [-0.1, -0.05) is 23.7 Å². The number of halogens is 1. The normalized spacial score (nSPS) is 15.6. The van der Waals surface area contributed by atoms with E-state index in [-0.39, 0.29) is 6.54 Å². The fraction of sp³-hybridized carbons (Fsp3) is 0.100. The zero-order valence-corrected chi connectivity index (χ0v) is 8.82. The number of carbonyl (C=O) groups is 3. The van der Waals surface area contributed by atoms with Gasteiger partial charge in [-0.3, -0.25) is 19.8 Å². The SMILES string of the molecule is O=C1NC(=O)N(Cc2cccc(Cl)c2)C1=O. The Morgan fingerprint density at radius 2 is 2.00 bits per heavy atom. The number of nitrogens with one attached hydrogen (secondary N) is 1. The van der Waals surface area contributed by atoms with E-state index in [4.69, 9.17) is 11.6 Å². The van der Waals surface area contributed by atoms with E-state index in [1.165, 1.54) is 0 Å². The Morgan fingerprint density at radius 1 is 1.25 bits per heavy atom. The van der Waals surface area contributed by atoms with E-state index in [1.54, 1.807) is 24.3 Å². The number of benzene rings is 1. The van der Waals surface area contributed by atoms with Crippen LogP contribution in [0.15, 0.2) is 24.3 Å². The molecule has 1 N–H and O–H groups in total. The third-order valence-electron chi connectivity index (χ3n) is 2.13. The van der Waals surface area contributed by atoms with Crippen molar-refractivity contribution in [1.29, 1.82) is 0 Å². The molecule has 1 aliphatic rings. The topological polar surface area (TPSA) is 66.5 Å². The first kappa shape index (κ1) is 10.6. The van der Waals surface area contributed by atoms with Crippen LogP contribution in [0.2, 0.25) is 5.02 Å². The van der Waals surface area contributed by atoms with Crippen molar-refractivity contribution in [2.24, 2.45) is 0 Å². The third kappa shape index (κ3) is 1.90. The summed E-state index contributed by atoms with van der Waals surface area (Å²) in [6.07, 6.45) is 0. The summed E-state index contributed by atoms with van der Waals surface area (Å²) >= 11 is 5.76. The summed E-state index contributed by atoms with van der Waals surface area (Å²) in [5, 5.41) is 2.43. The number of hydrogen-bond acceptors (Lipinski definition) is 3. The summed E-state index contributed by atoms with van der Waals surface area (Å²) in [5.74, 6) is -1.74. The largest absolute Gasteiger partial charge is 0.331 e. The standard InChI is InChI=1S/C10H7ClN2O3/c11-7-3-1-2-6(4-7)5-13-9(15)8(14)12-10(13)16/h1-4H,5H2,(H,12,14,16). The number of nitrogens with zero attached hydrogens (tertiary/aromatic N) is 1. The minimum Gasteiger partial charge on any atom is -0.269 e. The highest BCUT2D eigenvalue weighted by Gasteiger charge is 2.36. The summed E-state index contributed by atoms with van der Waals surface area (Å²) < 4.78 is 0. The molecular formula is C10H7ClN2O3. The van der Waals surface area contributed by atoms with E-state index in [9.17, 15) is 14.4 Å². The van der Waals surface area contributed by atoms with Gasteiger partial charge in [0.25, 0.3) is 0 Å². The van der Waals surface area contributed by atoms with Crippen molar-refractivity contribution in [3.63, 3.8) is 0 Å². The zero-order valence-electron chi connectivity index (χ0n) is 8.07. The van der Waals surface area contributed by atoms with Gasteiger partial charge in [0.2, 0.25) is 0 Å². The van der Waals surface area contributed by atoms with E-state index >= 15 is 0 Å². The predicted molar refractivity (Wildman–Crippen MR) is 55.5 cm³/mol. The second-order valence-electron chi connectivity index (χ2n) is 3.28. The van der Waals surface area contributed by atoms with Crippen LogP contribution in [0, 0.1) is 0 Å². The molecule has 0 saturated carbocycles. The smallest absolute Gasteiger partial charge is 0.269 e. The molecule has 1 aromatic rings. The quantitative estimate of drug-likeness (QED) is 0.615. The van der Waals surface area contributed by atoms with Gasteiger partial charge in [-0.25, -0.2) is 4.79 Å². The van der Waals surface area contributed by atoms with Crippen molar-refractivity contribution >= 4 is 29.4 Å². The molecule has 0 aromatic heterocycles. The Labute approximate surface area is 96.0 Å². The molecule has 0 aliphatic carbocycles. The molecule has 1 heterocycles. The van der Waals surface area contributed by atoms with Gasteiger partial charge >= 0.3 is 17.8 Å². The Balaban J connectivity index is 2.19. The Kier molecular flexibility index (Phi) is 2.62. The zero-order chi connectivity index (χ0) is 11.7. The highest BCUT2D eigenvalue weighted by atomic mass is 35.5. The monoisotopic (exact) mass is 238 g/mol. The van der Waals surface area contributed by atoms with Crippen LogP contribution in [0.25, 0.3) is 0 Å². The van der Waals surface area contributed by atoms with Crippen molar-refractivity contribution in [2.75, 3.05) is 0 Å². The van der Waals surface area contributed by atoms with Crippen LogP contribution in [0.1, 0.15) is 5.56 Å². The molecule has 1 saturated heterocycles. The number of rotatable bonds is 2. The molecule has 1 aromatic carbocycles. The summed E-state index contributed by atoms with van der Waals surface area (Å²) in [4.78, 5) is 34.2. The van der Waals surface area contributed by atoms with Gasteiger partial charge in [-0.2, -0.15) is 0 Å². The molecular weight excluding hydrogens is 232 g/mol. The van der Waals surface area contributed by atoms with Crippen LogP contribution in [0.3, 0.4) is 0 Å². The Morgan fingerprint density at radius 3 is 2.56 bits per heavy atom. The van der Waals surface area contributed by atoms with Gasteiger partial charge in [0, 0.05) is 5.02 Å². The molecule has 1 fully saturated rings. The molecule has 16 heavy (non-hydrogen) atoms. The maximum absolute atomic E-state index is 11.3. The number of urea groups is 1. The molecule has 4 amide bonds. The minimum atomic E-state index is -0.896. The average Bonchev–Trinajstić information content (AvgIpc) is 2.45. The van der Waals surface area contributed by atoms with Gasteiger partial charge in [0.15, 0.2) is 0 Å². The van der Waals surface area contributed by atoms with Crippen LogP contribution in [0.4, 0.5) is 4.79 Å². The lowest BCUT2D eigenvalue weighted by Crippen LogP contribution is -2.30.